The number of nitrogens with one attached hydrogen (secondary N) is 1. The van der Waals surface area contributed by atoms with Crippen LogP contribution in [-0.4, -0.2) is 29.7 Å². The minimum absolute atomic E-state index is 0.0956. The van der Waals surface area contributed by atoms with E-state index in [1.54, 1.807) is 29.9 Å². The molecule has 6 nitrogen and oxygen atoms in total. The van der Waals surface area contributed by atoms with Crippen molar-refractivity contribution >= 4 is 11.7 Å². The van der Waals surface area contributed by atoms with Crippen LogP contribution in [0.2, 0.25) is 0 Å². The van der Waals surface area contributed by atoms with Gasteiger partial charge in [-0.1, -0.05) is 6.07 Å². The molecule has 0 unspecified atom stereocenters. The Balaban J connectivity index is 1.86. The summed E-state index contributed by atoms with van der Waals surface area (Å²) in [6, 6.07) is 8.82. The fourth-order valence-electron chi connectivity index (χ4n) is 3.46. The molecule has 28 heavy (non-hydrogen) atoms. The lowest BCUT2D eigenvalue weighted by atomic mass is 9.89. The van der Waals surface area contributed by atoms with Crippen LogP contribution in [0.25, 0.3) is 5.69 Å². The third-order valence-corrected chi connectivity index (χ3v) is 4.77. The summed E-state index contributed by atoms with van der Waals surface area (Å²) < 4.78 is 40.9. The normalized spacial score (nSPS) is 15.7. The number of amides is 1. The van der Waals surface area contributed by atoms with Crippen LogP contribution in [0, 0.1) is 11.6 Å². The molecule has 4 rings (SSSR count). The Hall–Kier alpha value is -3.42. The zero-order valence-corrected chi connectivity index (χ0v) is 15.2. The van der Waals surface area contributed by atoms with E-state index >= 15 is 0 Å². The molecule has 0 radical (unpaired) electrons. The third-order valence-electron chi connectivity index (χ3n) is 4.77. The summed E-state index contributed by atoms with van der Waals surface area (Å²) in [5.41, 5.74) is 0.832. The van der Waals surface area contributed by atoms with E-state index in [1.807, 2.05) is 0 Å². The number of hydrogen-bond donors (Lipinski definition) is 1. The highest BCUT2D eigenvalue weighted by Gasteiger charge is 2.34. The predicted molar refractivity (Wildman–Crippen MR) is 98.1 cm³/mol. The average Bonchev–Trinajstić information content (AvgIpc) is 3.10. The molecule has 0 saturated carbocycles. The molecule has 0 saturated heterocycles. The first-order valence-corrected chi connectivity index (χ1v) is 8.57. The number of halogens is 2. The van der Waals surface area contributed by atoms with Crippen molar-refractivity contribution in [1.82, 2.24) is 9.55 Å². The van der Waals surface area contributed by atoms with Gasteiger partial charge in [0.05, 0.1) is 25.6 Å². The minimum Gasteiger partial charge on any atom is -0.497 e. The van der Waals surface area contributed by atoms with Gasteiger partial charge in [-0.3, -0.25) is 9.36 Å². The Kier molecular flexibility index (Phi) is 4.46. The van der Waals surface area contributed by atoms with Gasteiger partial charge in [0.1, 0.15) is 35.3 Å². The van der Waals surface area contributed by atoms with Crippen molar-refractivity contribution in [3.63, 3.8) is 0 Å². The smallest absolute Gasteiger partial charge is 0.226 e. The molecule has 1 aromatic heterocycles. The van der Waals surface area contributed by atoms with Crippen molar-refractivity contribution in [2.75, 3.05) is 19.5 Å². The maximum absolute atomic E-state index is 14.3. The van der Waals surface area contributed by atoms with Crippen molar-refractivity contribution in [2.24, 2.45) is 0 Å². The number of rotatable bonds is 4. The zero-order chi connectivity index (χ0) is 19.8. The average molecular weight is 385 g/mol. The van der Waals surface area contributed by atoms with Gasteiger partial charge in [-0.2, -0.15) is 0 Å². The molecule has 1 aliphatic heterocycles. The summed E-state index contributed by atoms with van der Waals surface area (Å²) >= 11 is 0. The number of fused-ring (bicyclic) bond motifs is 1. The van der Waals surface area contributed by atoms with E-state index in [0.717, 1.165) is 0 Å². The predicted octanol–water partition coefficient (Wildman–Crippen LogP) is 3.64. The van der Waals surface area contributed by atoms with E-state index in [-0.39, 0.29) is 17.9 Å². The molecule has 1 aliphatic rings. The highest BCUT2D eigenvalue weighted by Crippen LogP contribution is 2.40. The molecule has 0 aliphatic carbocycles. The number of benzene rings is 2. The van der Waals surface area contributed by atoms with Crippen LogP contribution in [0.4, 0.5) is 14.6 Å². The second kappa shape index (κ2) is 6.95. The zero-order valence-electron chi connectivity index (χ0n) is 15.2. The Morgan fingerprint density at radius 3 is 2.57 bits per heavy atom. The van der Waals surface area contributed by atoms with Crippen LogP contribution in [0.3, 0.4) is 0 Å². The number of carbonyl (C=O) groups is 1. The summed E-state index contributed by atoms with van der Waals surface area (Å²) in [5.74, 6) is -1.14. The number of anilines is 1. The van der Waals surface area contributed by atoms with Crippen molar-refractivity contribution in [1.29, 1.82) is 0 Å². The van der Waals surface area contributed by atoms with E-state index in [0.29, 0.717) is 28.7 Å². The summed E-state index contributed by atoms with van der Waals surface area (Å²) in [6.07, 6.45) is 1.40. The molecule has 0 spiro atoms. The van der Waals surface area contributed by atoms with E-state index < -0.39 is 17.6 Å². The summed E-state index contributed by atoms with van der Waals surface area (Å²) in [7, 11) is 3.05. The molecule has 2 heterocycles. The lowest BCUT2D eigenvalue weighted by Gasteiger charge is -2.24. The van der Waals surface area contributed by atoms with E-state index in [2.05, 4.69) is 10.3 Å². The first-order valence-electron chi connectivity index (χ1n) is 8.57. The number of nitrogens with zero attached hydrogens (tertiary/aromatic N) is 2. The Morgan fingerprint density at radius 2 is 1.89 bits per heavy atom. The lowest BCUT2D eigenvalue weighted by Crippen LogP contribution is -2.26. The monoisotopic (exact) mass is 385 g/mol. The molecular formula is C20H17F2N3O3. The lowest BCUT2D eigenvalue weighted by molar-refractivity contribution is -0.116. The Bertz CT molecular complexity index is 1040. The van der Waals surface area contributed by atoms with Crippen LogP contribution in [-0.2, 0) is 4.79 Å². The number of hydrogen-bond acceptors (Lipinski definition) is 4. The highest BCUT2D eigenvalue weighted by molar-refractivity contribution is 5.94. The quantitative estimate of drug-likeness (QED) is 0.745. The first kappa shape index (κ1) is 18.0. The van der Waals surface area contributed by atoms with Crippen LogP contribution in [0.1, 0.15) is 23.6 Å². The van der Waals surface area contributed by atoms with Gasteiger partial charge in [0.2, 0.25) is 5.91 Å². The maximum Gasteiger partial charge on any atom is 0.226 e. The van der Waals surface area contributed by atoms with Gasteiger partial charge < -0.3 is 14.8 Å². The van der Waals surface area contributed by atoms with E-state index in [4.69, 9.17) is 9.47 Å². The number of methoxy groups -OCH3 is 2. The van der Waals surface area contributed by atoms with Crippen molar-refractivity contribution in [3.8, 4) is 17.2 Å². The Labute approximate surface area is 159 Å². The molecule has 0 fully saturated rings. The fourth-order valence-corrected chi connectivity index (χ4v) is 3.46. The molecular weight excluding hydrogens is 368 g/mol. The van der Waals surface area contributed by atoms with Crippen molar-refractivity contribution in [3.05, 3.63) is 65.6 Å². The molecule has 2 aromatic carbocycles. The Morgan fingerprint density at radius 1 is 1.14 bits per heavy atom. The van der Waals surface area contributed by atoms with Gasteiger partial charge in [-0.05, 0) is 24.3 Å². The van der Waals surface area contributed by atoms with E-state index in [1.165, 1.54) is 31.6 Å². The second-order valence-electron chi connectivity index (χ2n) is 6.33. The second-order valence-corrected chi connectivity index (χ2v) is 6.33. The summed E-state index contributed by atoms with van der Waals surface area (Å²) in [4.78, 5) is 16.7. The number of ether oxygens (including phenoxy) is 2. The van der Waals surface area contributed by atoms with Gasteiger partial charge >= 0.3 is 0 Å². The van der Waals surface area contributed by atoms with Crippen LogP contribution >= 0.6 is 0 Å². The third kappa shape index (κ3) is 2.87. The summed E-state index contributed by atoms with van der Waals surface area (Å²) in [6.45, 7) is 0. The molecule has 0 bridgehead atoms. The number of imidazole rings is 1. The van der Waals surface area contributed by atoms with Gasteiger partial charge in [-0.25, -0.2) is 13.8 Å². The maximum atomic E-state index is 14.3. The largest absolute Gasteiger partial charge is 0.497 e. The SMILES string of the molecule is COc1ccc(-n2cnc3c2NC(=O)C[C@@H]3c2c(F)cccc2F)c(OC)c1. The van der Waals surface area contributed by atoms with Crippen LogP contribution < -0.4 is 14.8 Å². The molecule has 1 atom stereocenters. The number of aromatic nitrogens is 2. The number of carbonyl (C=O) groups excluding carboxylic acids is 1. The van der Waals surface area contributed by atoms with E-state index in [9.17, 15) is 13.6 Å². The van der Waals surface area contributed by atoms with Crippen molar-refractivity contribution in [2.45, 2.75) is 12.3 Å². The molecule has 1 amide bonds. The molecule has 1 N–H and O–H groups in total. The van der Waals surface area contributed by atoms with Crippen molar-refractivity contribution < 1.29 is 23.0 Å². The molecule has 3 aromatic rings. The van der Waals surface area contributed by atoms with Crippen LogP contribution in [0.15, 0.2) is 42.7 Å². The molecule has 8 heteroatoms. The van der Waals surface area contributed by atoms with Crippen LogP contribution in [0.5, 0.6) is 11.5 Å². The minimum atomic E-state index is -0.824. The van der Waals surface area contributed by atoms with Gasteiger partial charge in [0.15, 0.2) is 0 Å². The highest BCUT2D eigenvalue weighted by atomic mass is 19.1. The standard InChI is InChI=1S/C20H17F2N3O3/c1-27-11-6-7-15(16(8-11)28-2)25-10-23-19-12(9-17(26)24-20(19)25)18-13(21)4-3-5-14(18)22/h3-8,10,12H,9H2,1-2H3,(H,24,26)/t12-/m1/s1. The van der Waals surface area contributed by atoms with Gasteiger partial charge in [0.25, 0.3) is 0 Å². The molecule has 144 valence electrons. The van der Waals surface area contributed by atoms with Gasteiger partial charge in [-0.15, -0.1) is 0 Å². The fraction of sp³-hybridized carbons (Fsp3) is 0.200. The summed E-state index contributed by atoms with van der Waals surface area (Å²) in [5, 5.41) is 2.76. The van der Waals surface area contributed by atoms with Gasteiger partial charge in [0, 0.05) is 24.0 Å². The topological polar surface area (TPSA) is 65.4 Å². The first-order chi connectivity index (χ1) is 13.5.